The van der Waals surface area contributed by atoms with Gasteiger partial charge < -0.3 is 22.2 Å². The van der Waals surface area contributed by atoms with E-state index in [2.05, 4.69) is 36.4 Å². The largest absolute Gasteiger partial charge is 1.00 e. The molecule has 24 heavy (non-hydrogen) atoms. The maximum absolute atomic E-state index is 12.4. The Morgan fingerprint density at radius 2 is 1.54 bits per heavy atom. The van der Waals surface area contributed by atoms with Gasteiger partial charge in [0.25, 0.3) is 5.91 Å². The first-order chi connectivity index (χ1) is 11.3. The number of rotatable bonds is 4. The molecular weight excluding hydrogens is 320 g/mol. The molecular formula is C20H23ClN2O. The molecule has 0 saturated carbocycles. The van der Waals surface area contributed by atoms with E-state index in [9.17, 15) is 4.79 Å². The van der Waals surface area contributed by atoms with Crippen LogP contribution in [0.4, 0.5) is 0 Å². The fourth-order valence-electron chi connectivity index (χ4n) is 2.92. The third-order valence-corrected chi connectivity index (χ3v) is 4.29. The van der Waals surface area contributed by atoms with Crippen molar-refractivity contribution >= 4 is 12.0 Å². The molecule has 126 valence electrons. The molecule has 2 aromatic carbocycles. The number of hydrogen-bond acceptors (Lipinski definition) is 1. The summed E-state index contributed by atoms with van der Waals surface area (Å²) in [4.78, 5) is 15.9. The number of quaternary nitrogens is 1. The molecule has 1 heterocycles. The molecule has 0 radical (unpaired) electrons. The van der Waals surface area contributed by atoms with Gasteiger partial charge in [-0.15, -0.1) is 0 Å². The van der Waals surface area contributed by atoms with Gasteiger partial charge in [-0.2, -0.15) is 0 Å². The molecule has 0 bridgehead atoms. The number of halogens is 1. The Morgan fingerprint density at radius 1 is 0.958 bits per heavy atom. The summed E-state index contributed by atoms with van der Waals surface area (Å²) in [7, 11) is 0. The maximum atomic E-state index is 12.4. The molecule has 1 fully saturated rings. The number of hydrogen-bond donors (Lipinski definition) is 1. The van der Waals surface area contributed by atoms with Crippen LogP contribution in [0.25, 0.3) is 6.08 Å². The maximum Gasteiger partial charge on any atom is 0.254 e. The third-order valence-electron chi connectivity index (χ3n) is 4.29. The normalized spacial score (nSPS) is 15.2. The van der Waals surface area contributed by atoms with E-state index in [0.29, 0.717) is 0 Å². The van der Waals surface area contributed by atoms with Gasteiger partial charge in [-0.25, -0.2) is 0 Å². The fourth-order valence-corrected chi connectivity index (χ4v) is 2.92. The van der Waals surface area contributed by atoms with E-state index in [0.717, 1.165) is 38.3 Å². The number of carbonyl (C=O) groups excluding carboxylic acids is 1. The summed E-state index contributed by atoms with van der Waals surface area (Å²) >= 11 is 0. The Morgan fingerprint density at radius 3 is 2.17 bits per heavy atom. The highest BCUT2D eigenvalue weighted by Crippen LogP contribution is 2.04. The standard InChI is InChI=1S/C20H22N2O.ClH/c23-20(19-11-5-2-6-12-19)22-16-14-21(15-17-22)13-7-10-18-8-3-1-4-9-18;/h1-12H,13-17H2;1H. The van der Waals surface area contributed by atoms with Crippen LogP contribution >= 0.6 is 0 Å². The van der Waals surface area contributed by atoms with Gasteiger partial charge in [0, 0.05) is 5.56 Å². The first-order valence-electron chi connectivity index (χ1n) is 8.22. The Kier molecular flexibility index (Phi) is 7.04. The number of benzene rings is 2. The molecule has 4 heteroatoms. The van der Waals surface area contributed by atoms with Gasteiger partial charge in [0.1, 0.15) is 0 Å². The van der Waals surface area contributed by atoms with Gasteiger partial charge in [-0.1, -0.05) is 54.6 Å². The Labute approximate surface area is 150 Å². The Balaban J connectivity index is 0.00000208. The third kappa shape index (κ3) is 4.95. The average molecular weight is 343 g/mol. The number of nitrogens with zero attached hydrogens (tertiary/aromatic N) is 1. The number of carbonyl (C=O) groups is 1. The summed E-state index contributed by atoms with van der Waals surface area (Å²) in [6.45, 7) is 4.71. The van der Waals surface area contributed by atoms with Gasteiger partial charge in [0.15, 0.2) is 0 Å². The summed E-state index contributed by atoms with van der Waals surface area (Å²) in [5.41, 5.74) is 2.03. The topological polar surface area (TPSA) is 24.8 Å². The van der Waals surface area contributed by atoms with Crippen molar-refractivity contribution in [1.29, 1.82) is 0 Å². The first kappa shape index (κ1) is 18.2. The number of piperazine rings is 1. The van der Waals surface area contributed by atoms with Crippen LogP contribution in [0.5, 0.6) is 0 Å². The molecule has 3 nitrogen and oxygen atoms in total. The van der Waals surface area contributed by atoms with E-state index in [1.807, 2.05) is 41.3 Å². The van der Waals surface area contributed by atoms with E-state index >= 15 is 0 Å². The van der Waals surface area contributed by atoms with Crippen LogP contribution in [-0.2, 0) is 0 Å². The first-order valence-corrected chi connectivity index (χ1v) is 8.22. The van der Waals surface area contributed by atoms with Crippen molar-refractivity contribution in [3.05, 3.63) is 77.9 Å². The van der Waals surface area contributed by atoms with Gasteiger partial charge >= 0.3 is 0 Å². The highest BCUT2D eigenvalue weighted by Gasteiger charge is 2.23. The fraction of sp³-hybridized carbons (Fsp3) is 0.250. The molecule has 0 spiro atoms. The van der Waals surface area contributed by atoms with Crippen LogP contribution in [0.3, 0.4) is 0 Å². The molecule has 1 N–H and O–H groups in total. The van der Waals surface area contributed by atoms with Crippen LogP contribution in [0.15, 0.2) is 66.7 Å². The smallest absolute Gasteiger partial charge is 0.254 e. The highest BCUT2D eigenvalue weighted by molar-refractivity contribution is 5.94. The SMILES string of the molecule is O=C(c1ccccc1)N1CC[NH+](CC=Cc2ccccc2)CC1.[Cl-]. The predicted octanol–water partition coefficient (Wildman–Crippen LogP) is -1.26. The second kappa shape index (κ2) is 9.26. The summed E-state index contributed by atoms with van der Waals surface area (Å²) in [5.74, 6) is 0.157. The lowest BCUT2D eigenvalue weighted by molar-refractivity contribution is -0.898. The lowest BCUT2D eigenvalue weighted by atomic mass is 10.2. The number of nitrogens with one attached hydrogen (secondary N) is 1. The molecule has 1 saturated heterocycles. The molecule has 0 unspecified atom stereocenters. The van der Waals surface area contributed by atoms with Crippen LogP contribution in [0, 0.1) is 0 Å². The monoisotopic (exact) mass is 342 g/mol. The zero-order chi connectivity index (χ0) is 15.9. The van der Waals surface area contributed by atoms with E-state index in [1.54, 1.807) is 0 Å². The van der Waals surface area contributed by atoms with Gasteiger partial charge in [0.05, 0.1) is 32.7 Å². The Hall–Kier alpha value is -2.10. The highest BCUT2D eigenvalue weighted by atomic mass is 35.5. The van der Waals surface area contributed by atoms with Crippen molar-refractivity contribution in [3.63, 3.8) is 0 Å². The zero-order valence-electron chi connectivity index (χ0n) is 13.7. The van der Waals surface area contributed by atoms with Crippen LogP contribution in [0.1, 0.15) is 15.9 Å². The predicted molar refractivity (Wildman–Crippen MR) is 93.4 cm³/mol. The van der Waals surface area contributed by atoms with Crippen molar-refractivity contribution in [2.24, 2.45) is 0 Å². The van der Waals surface area contributed by atoms with Gasteiger partial charge in [0.2, 0.25) is 0 Å². The molecule has 0 aliphatic carbocycles. The zero-order valence-corrected chi connectivity index (χ0v) is 14.5. The van der Waals surface area contributed by atoms with E-state index in [4.69, 9.17) is 0 Å². The van der Waals surface area contributed by atoms with Crippen LogP contribution < -0.4 is 17.3 Å². The van der Waals surface area contributed by atoms with E-state index < -0.39 is 0 Å². The molecule has 0 atom stereocenters. The minimum atomic E-state index is 0. The van der Waals surface area contributed by atoms with Crippen molar-refractivity contribution in [3.8, 4) is 0 Å². The lowest BCUT2D eigenvalue weighted by Crippen LogP contribution is -3.14. The Bertz CT molecular complexity index is 650. The van der Waals surface area contributed by atoms with E-state index in [-0.39, 0.29) is 18.3 Å². The molecule has 0 aromatic heterocycles. The summed E-state index contributed by atoms with van der Waals surface area (Å²) in [6, 6.07) is 19.9. The minimum Gasteiger partial charge on any atom is -1.00 e. The van der Waals surface area contributed by atoms with Crippen LogP contribution in [0.2, 0.25) is 0 Å². The second-order valence-electron chi connectivity index (χ2n) is 5.93. The van der Waals surface area contributed by atoms with Crippen molar-refractivity contribution < 1.29 is 22.1 Å². The minimum absolute atomic E-state index is 0. The van der Waals surface area contributed by atoms with Gasteiger partial charge in [-0.05, 0) is 23.8 Å². The van der Waals surface area contributed by atoms with Crippen molar-refractivity contribution in [2.75, 3.05) is 32.7 Å². The average Bonchev–Trinajstić information content (AvgIpc) is 2.63. The van der Waals surface area contributed by atoms with Crippen molar-refractivity contribution in [2.45, 2.75) is 0 Å². The van der Waals surface area contributed by atoms with E-state index in [1.165, 1.54) is 10.5 Å². The molecule has 1 aliphatic heterocycles. The quantitative estimate of drug-likeness (QED) is 0.737. The molecule has 1 aliphatic rings. The summed E-state index contributed by atoms with van der Waals surface area (Å²) in [5, 5.41) is 0. The molecule has 1 amide bonds. The lowest BCUT2D eigenvalue weighted by Gasteiger charge is -2.31. The van der Waals surface area contributed by atoms with Crippen LogP contribution in [-0.4, -0.2) is 43.5 Å². The molecule has 2 aromatic rings. The molecule has 3 rings (SSSR count). The van der Waals surface area contributed by atoms with Gasteiger partial charge in [-0.3, -0.25) is 4.79 Å². The summed E-state index contributed by atoms with van der Waals surface area (Å²) < 4.78 is 0. The summed E-state index contributed by atoms with van der Waals surface area (Å²) in [6.07, 6.45) is 4.41. The number of amides is 1. The van der Waals surface area contributed by atoms with Crippen molar-refractivity contribution in [1.82, 2.24) is 4.90 Å². The second-order valence-corrected chi connectivity index (χ2v) is 5.93.